The van der Waals surface area contributed by atoms with Crippen LogP contribution in [0.25, 0.3) is 0 Å². The van der Waals surface area contributed by atoms with Gasteiger partial charge in [0.1, 0.15) is 0 Å². The first-order chi connectivity index (χ1) is 26.8. The molecule has 0 heteroatoms. The SMILES string of the molecule is CC(C)CC(C)C.CC(C)CCC(C)C.CC(C)CCCC(C)C.CC(C)CCCCC(C)C.CC(C)CCCCCC(C)C.CC(C)CCCCCCCC(C)C. The third kappa shape index (κ3) is 106. The van der Waals surface area contributed by atoms with E-state index in [1.807, 2.05) is 0 Å². The van der Waals surface area contributed by atoms with E-state index >= 15 is 0 Å². The van der Waals surface area contributed by atoms with Crippen molar-refractivity contribution in [3.05, 3.63) is 0 Å². The molecule has 0 aliphatic rings. The van der Waals surface area contributed by atoms with Gasteiger partial charge in [-0.3, -0.25) is 0 Å². The number of hydrogen-bond donors (Lipinski definition) is 0. The molecular weight excluding hydrogens is 697 g/mol. The summed E-state index contributed by atoms with van der Waals surface area (Å²) in [5.74, 6) is 10.7. The molecule has 0 unspecified atom stereocenters. The molecule has 0 radical (unpaired) electrons. The Bertz CT molecular complexity index is 602. The third-order valence-electron chi connectivity index (χ3n) is 10.3. The standard InChI is InChI=1S/C13H28.C11H24.C10H22.C9H20.C8H18.C7H16/c1-12(2)10-8-6-5-7-9-11-13(3)4;1-10(2)8-6-5-7-9-11(3)4;1-9(2)7-5-6-8-10(3)4;1-8(2)6-5-7-9(3)4;1-7(2)5-6-8(3)4;1-6(2)5-7(3)4/h12-13H,5-11H2,1-4H3;10-11H,5-9H2,1-4H3;9-10H,5-8H2,1-4H3;8-9H,5-7H2,1-4H3;7-8H,5-6H2,1-4H3;6-7H,5H2,1-4H3. The largest absolute Gasteiger partial charge is 0.0628 e. The third-order valence-corrected chi connectivity index (χ3v) is 10.3. The molecule has 0 saturated carbocycles. The van der Waals surface area contributed by atoms with E-state index in [1.165, 1.54) is 141 Å². The topological polar surface area (TPSA) is 0 Å². The lowest BCUT2D eigenvalue weighted by Gasteiger charge is -2.05. The molecule has 0 spiro atoms. The highest BCUT2D eigenvalue weighted by Crippen LogP contribution is 2.15. The fourth-order valence-electron chi connectivity index (χ4n) is 6.57. The van der Waals surface area contributed by atoms with Gasteiger partial charge in [-0.1, -0.05) is 301 Å². The summed E-state index contributed by atoms with van der Waals surface area (Å²) in [6.45, 7) is 55.1. The highest BCUT2D eigenvalue weighted by atomic mass is 14.1. The quantitative estimate of drug-likeness (QED) is 0.0690. The second-order valence-electron chi connectivity index (χ2n) is 23.7. The fraction of sp³-hybridized carbons (Fsp3) is 1.00. The van der Waals surface area contributed by atoms with Crippen LogP contribution < -0.4 is 0 Å². The van der Waals surface area contributed by atoms with Crippen molar-refractivity contribution >= 4 is 0 Å². The average Bonchev–Trinajstić information content (AvgIpc) is 3.05. The molecule has 0 aromatic heterocycles. The minimum absolute atomic E-state index is 0.875. The summed E-state index contributed by atoms with van der Waals surface area (Å²) in [5.41, 5.74) is 0. The maximum absolute atomic E-state index is 2.32. The summed E-state index contributed by atoms with van der Waals surface area (Å²) in [6, 6.07) is 0. The Morgan fingerprint density at radius 3 is 0.431 bits per heavy atom. The Morgan fingerprint density at radius 2 is 0.276 bits per heavy atom. The molecule has 0 nitrogen and oxygen atoms in total. The molecule has 58 heavy (non-hydrogen) atoms. The molecule has 0 N–H and O–H groups in total. The molecule has 0 aromatic carbocycles. The molecule has 0 bridgehead atoms. The zero-order valence-corrected chi connectivity index (χ0v) is 46.5. The van der Waals surface area contributed by atoms with E-state index in [2.05, 4.69) is 166 Å². The van der Waals surface area contributed by atoms with Crippen LogP contribution in [0.3, 0.4) is 0 Å². The van der Waals surface area contributed by atoms with Gasteiger partial charge in [-0.05, 0) is 77.4 Å². The molecule has 0 heterocycles. The van der Waals surface area contributed by atoms with Crippen molar-refractivity contribution in [1.29, 1.82) is 0 Å². The van der Waals surface area contributed by atoms with Crippen molar-refractivity contribution in [2.75, 3.05) is 0 Å². The minimum Gasteiger partial charge on any atom is -0.0628 e. The number of hydrogen-bond acceptors (Lipinski definition) is 0. The predicted octanol–water partition coefficient (Wildman–Crippen LogP) is 22.4. The lowest BCUT2D eigenvalue weighted by atomic mass is 10.0. The Labute approximate surface area is 377 Å². The van der Waals surface area contributed by atoms with Gasteiger partial charge < -0.3 is 0 Å². The molecule has 0 aromatic rings. The van der Waals surface area contributed by atoms with Gasteiger partial charge in [-0.2, -0.15) is 0 Å². The van der Waals surface area contributed by atoms with Gasteiger partial charge in [0.15, 0.2) is 0 Å². The van der Waals surface area contributed by atoms with E-state index in [-0.39, 0.29) is 0 Å². The monoisotopic (exact) mass is 825 g/mol. The van der Waals surface area contributed by atoms with Crippen molar-refractivity contribution in [3.8, 4) is 0 Å². The Morgan fingerprint density at radius 1 is 0.138 bits per heavy atom. The molecule has 0 atom stereocenters. The summed E-state index contributed by atoms with van der Waals surface area (Å²) < 4.78 is 0. The number of rotatable bonds is 28. The maximum atomic E-state index is 2.32. The molecule has 0 amide bonds. The molecule has 360 valence electrons. The van der Waals surface area contributed by atoms with Crippen LogP contribution in [0.4, 0.5) is 0 Å². The van der Waals surface area contributed by atoms with E-state index in [1.54, 1.807) is 0 Å². The fourth-order valence-corrected chi connectivity index (χ4v) is 6.57. The van der Waals surface area contributed by atoms with E-state index in [0.717, 1.165) is 71.0 Å². The zero-order valence-electron chi connectivity index (χ0n) is 46.5. The molecule has 0 fully saturated rings. The predicted molar refractivity (Wildman–Crippen MR) is 280 cm³/mol. The molecular formula is C58H128. The molecule has 0 aliphatic carbocycles. The first-order valence-electron chi connectivity index (χ1n) is 26.8. The highest BCUT2D eigenvalue weighted by molar-refractivity contribution is 4.53. The second kappa shape index (κ2) is 53.1. The van der Waals surface area contributed by atoms with Crippen molar-refractivity contribution < 1.29 is 0 Å². The summed E-state index contributed by atoms with van der Waals surface area (Å²) in [4.78, 5) is 0. The molecule has 0 rings (SSSR count). The van der Waals surface area contributed by atoms with E-state index in [9.17, 15) is 0 Å². The van der Waals surface area contributed by atoms with Crippen LogP contribution in [0, 0.1) is 71.0 Å². The van der Waals surface area contributed by atoms with Crippen LogP contribution in [-0.4, -0.2) is 0 Å². The zero-order chi connectivity index (χ0) is 46.5. The van der Waals surface area contributed by atoms with Gasteiger partial charge in [0.25, 0.3) is 0 Å². The van der Waals surface area contributed by atoms with E-state index < -0.39 is 0 Å². The lowest BCUT2D eigenvalue weighted by Crippen LogP contribution is -1.93. The summed E-state index contributed by atoms with van der Waals surface area (Å²) >= 11 is 0. The lowest BCUT2D eigenvalue weighted by molar-refractivity contribution is 0.469. The summed E-state index contributed by atoms with van der Waals surface area (Å²) in [7, 11) is 0. The van der Waals surface area contributed by atoms with Crippen LogP contribution in [0.2, 0.25) is 0 Å². The van der Waals surface area contributed by atoms with Gasteiger partial charge in [0, 0.05) is 0 Å². The van der Waals surface area contributed by atoms with Crippen molar-refractivity contribution in [2.24, 2.45) is 71.0 Å². The van der Waals surface area contributed by atoms with E-state index in [0.29, 0.717) is 0 Å². The molecule has 0 aliphatic heterocycles. The van der Waals surface area contributed by atoms with Crippen LogP contribution in [-0.2, 0) is 0 Å². The first kappa shape index (κ1) is 69.7. The first-order valence-corrected chi connectivity index (χ1v) is 26.8. The summed E-state index contributed by atoms with van der Waals surface area (Å²) in [6.07, 6.45) is 31.3. The minimum atomic E-state index is 0.875. The second-order valence-corrected chi connectivity index (χ2v) is 23.7. The normalized spacial score (nSPS) is 11.4. The smallest absolute Gasteiger partial charge is 0.0469 e. The van der Waals surface area contributed by atoms with Gasteiger partial charge >= 0.3 is 0 Å². The van der Waals surface area contributed by atoms with Gasteiger partial charge in [0.05, 0.1) is 0 Å². The van der Waals surface area contributed by atoms with Crippen molar-refractivity contribution in [1.82, 2.24) is 0 Å². The Kier molecular flexibility index (Phi) is 63.8. The van der Waals surface area contributed by atoms with Crippen LogP contribution in [0.15, 0.2) is 0 Å². The van der Waals surface area contributed by atoms with Crippen molar-refractivity contribution in [3.63, 3.8) is 0 Å². The van der Waals surface area contributed by atoms with Gasteiger partial charge in [0.2, 0.25) is 0 Å². The van der Waals surface area contributed by atoms with Gasteiger partial charge in [-0.15, -0.1) is 0 Å². The number of unbranched alkanes of at least 4 members (excludes halogenated alkanes) is 7. The van der Waals surface area contributed by atoms with Crippen LogP contribution >= 0.6 is 0 Å². The molecule has 0 saturated heterocycles. The Hall–Kier alpha value is 0. The van der Waals surface area contributed by atoms with Crippen LogP contribution in [0.5, 0.6) is 0 Å². The highest BCUT2D eigenvalue weighted by Gasteiger charge is 2.00. The average molecular weight is 826 g/mol. The summed E-state index contributed by atoms with van der Waals surface area (Å²) in [5, 5.41) is 0. The van der Waals surface area contributed by atoms with Crippen molar-refractivity contribution in [2.45, 2.75) is 307 Å². The Balaban J connectivity index is -0.000000141. The van der Waals surface area contributed by atoms with Gasteiger partial charge in [-0.25, -0.2) is 0 Å². The maximum Gasteiger partial charge on any atom is -0.0469 e. The van der Waals surface area contributed by atoms with E-state index in [4.69, 9.17) is 0 Å². The van der Waals surface area contributed by atoms with Crippen LogP contribution in [0.1, 0.15) is 307 Å².